The third kappa shape index (κ3) is 4.85. The van der Waals surface area contributed by atoms with Gasteiger partial charge in [-0.2, -0.15) is 0 Å². The van der Waals surface area contributed by atoms with Crippen molar-refractivity contribution in [1.29, 1.82) is 0 Å². The summed E-state index contributed by atoms with van der Waals surface area (Å²) in [6.07, 6.45) is 0. The molecule has 0 saturated carbocycles. The first-order valence-electron chi connectivity index (χ1n) is 7.39. The number of anilines is 1. The Hall–Kier alpha value is -2.78. The molecular weight excluding hydrogens is 346 g/mol. The van der Waals surface area contributed by atoms with E-state index in [2.05, 4.69) is 10.0 Å². The molecule has 0 aromatic heterocycles. The van der Waals surface area contributed by atoms with Crippen LogP contribution in [-0.2, 0) is 10.0 Å². The van der Waals surface area contributed by atoms with E-state index in [4.69, 9.17) is 0 Å². The quantitative estimate of drug-likeness (QED) is 0.321. The Morgan fingerprint density at radius 2 is 1.80 bits per heavy atom. The van der Waals surface area contributed by atoms with Gasteiger partial charge in [-0.1, -0.05) is 18.2 Å². The van der Waals surface area contributed by atoms with Crippen LogP contribution < -0.4 is 10.0 Å². The lowest BCUT2D eigenvalue weighted by atomic mass is 10.1. The van der Waals surface area contributed by atoms with Crippen LogP contribution in [0.25, 0.3) is 0 Å². The molecule has 0 aliphatic carbocycles. The lowest BCUT2D eigenvalue weighted by molar-refractivity contribution is -0.384. The second kappa shape index (κ2) is 7.86. The molecule has 0 atom stereocenters. The Morgan fingerprint density at radius 1 is 1.12 bits per heavy atom. The van der Waals surface area contributed by atoms with Gasteiger partial charge in [-0.05, 0) is 31.2 Å². The Bertz CT molecular complexity index is 882. The molecule has 2 rings (SSSR count). The molecule has 0 bridgehead atoms. The predicted molar refractivity (Wildman–Crippen MR) is 93.2 cm³/mol. The van der Waals surface area contributed by atoms with Crippen molar-refractivity contribution in [3.8, 4) is 0 Å². The summed E-state index contributed by atoms with van der Waals surface area (Å²) in [6, 6.07) is 12.0. The number of sulfonamides is 1. The molecule has 0 amide bonds. The van der Waals surface area contributed by atoms with Crippen molar-refractivity contribution in [3.05, 3.63) is 64.2 Å². The molecule has 0 fully saturated rings. The standard InChI is InChI=1S/C16H17N3O5S/c1-12(20)13-7-8-15(16(11-13)19(21)22)17-9-10-18-25(23,24)14-5-3-2-4-6-14/h2-8,11,17-18H,9-10H2,1H3. The second-order valence-electron chi connectivity index (χ2n) is 5.18. The van der Waals surface area contributed by atoms with Crippen LogP contribution in [0.1, 0.15) is 17.3 Å². The van der Waals surface area contributed by atoms with E-state index in [1.165, 1.54) is 37.3 Å². The number of carbonyl (C=O) groups is 1. The van der Waals surface area contributed by atoms with Gasteiger partial charge in [0, 0.05) is 24.7 Å². The monoisotopic (exact) mass is 363 g/mol. The van der Waals surface area contributed by atoms with Crippen LogP contribution >= 0.6 is 0 Å². The highest BCUT2D eigenvalue weighted by atomic mass is 32.2. The SMILES string of the molecule is CC(=O)c1ccc(NCCNS(=O)(=O)c2ccccc2)c([N+](=O)[O-])c1. The number of Topliss-reactive ketones (excluding diaryl/α,β-unsaturated/α-hetero) is 1. The summed E-state index contributed by atoms with van der Waals surface area (Å²) in [5.41, 5.74) is 0.217. The fraction of sp³-hybridized carbons (Fsp3) is 0.188. The van der Waals surface area contributed by atoms with Gasteiger partial charge in [-0.15, -0.1) is 0 Å². The van der Waals surface area contributed by atoms with Crippen LogP contribution in [0.5, 0.6) is 0 Å². The molecule has 2 aromatic carbocycles. The van der Waals surface area contributed by atoms with Gasteiger partial charge in [0.25, 0.3) is 5.69 Å². The summed E-state index contributed by atoms with van der Waals surface area (Å²) in [6.45, 7) is 1.51. The van der Waals surface area contributed by atoms with Gasteiger partial charge >= 0.3 is 0 Å². The lowest BCUT2D eigenvalue weighted by Crippen LogP contribution is -2.29. The maximum Gasteiger partial charge on any atom is 0.293 e. The molecule has 0 unspecified atom stereocenters. The van der Waals surface area contributed by atoms with E-state index in [1.807, 2.05) is 0 Å². The van der Waals surface area contributed by atoms with E-state index in [1.54, 1.807) is 18.2 Å². The molecule has 25 heavy (non-hydrogen) atoms. The summed E-state index contributed by atoms with van der Waals surface area (Å²) in [5.74, 6) is -0.273. The third-order valence-electron chi connectivity index (χ3n) is 3.39. The van der Waals surface area contributed by atoms with Crippen LogP contribution in [0, 0.1) is 10.1 Å². The molecule has 8 nitrogen and oxygen atoms in total. The normalized spacial score (nSPS) is 11.1. The topological polar surface area (TPSA) is 118 Å². The highest BCUT2D eigenvalue weighted by molar-refractivity contribution is 7.89. The number of nitrogens with one attached hydrogen (secondary N) is 2. The summed E-state index contributed by atoms with van der Waals surface area (Å²) >= 11 is 0. The van der Waals surface area contributed by atoms with Crippen molar-refractivity contribution < 1.29 is 18.1 Å². The molecule has 0 spiro atoms. The van der Waals surface area contributed by atoms with Crippen LogP contribution in [0.3, 0.4) is 0 Å². The van der Waals surface area contributed by atoms with Crippen LogP contribution in [0.2, 0.25) is 0 Å². The zero-order valence-electron chi connectivity index (χ0n) is 13.4. The third-order valence-corrected chi connectivity index (χ3v) is 4.86. The minimum absolute atomic E-state index is 0.0445. The van der Waals surface area contributed by atoms with Crippen molar-refractivity contribution in [2.75, 3.05) is 18.4 Å². The average Bonchev–Trinajstić information content (AvgIpc) is 2.59. The van der Waals surface area contributed by atoms with Crippen LogP contribution in [0.15, 0.2) is 53.4 Å². The number of ketones is 1. The van der Waals surface area contributed by atoms with Gasteiger partial charge in [-0.25, -0.2) is 13.1 Å². The summed E-state index contributed by atoms with van der Waals surface area (Å²) in [7, 11) is -3.63. The molecule has 0 saturated heterocycles. The maximum absolute atomic E-state index is 12.1. The first kappa shape index (κ1) is 18.6. The Kier molecular flexibility index (Phi) is 5.84. The van der Waals surface area contributed by atoms with E-state index in [9.17, 15) is 23.3 Å². The van der Waals surface area contributed by atoms with E-state index in [0.717, 1.165) is 0 Å². The number of benzene rings is 2. The molecule has 0 aliphatic heterocycles. The summed E-state index contributed by atoms with van der Waals surface area (Å²) in [5, 5.41) is 13.9. The first-order chi connectivity index (χ1) is 11.8. The average molecular weight is 363 g/mol. The molecule has 132 valence electrons. The fourth-order valence-electron chi connectivity index (χ4n) is 2.12. The van der Waals surface area contributed by atoms with Gasteiger partial charge in [0.15, 0.2) is 5.78 Å². The molecular formula is C16H17N3O5S. The van der Waals surface area contributed by atoms with Crippen molar-refractivity contribution in [2.45, 2.75) is 11.8 Å². The number of carbonyl (C=O) groups excluding carboxylic acids is 1. The maximum atomic E-state index is 12.1. The van der Waals surface area contributed by atoms with Crippen molar-refractivity contribution in [1.82, 2.24) is 4.72 Å². The van der Waals surface area contributed by atoms with Crippen LogP contribution in [0.4, 0.5) is 11.4 Å². The minimum Gasteiger partial charge on any atom is -0.378 e. The molecule has 2 N–H and O–H groups in total. The van der Waals surface area contributed by atoms with E-state index >= 15 is 0 Å². The molecule has 0 aliphatic rings. The van der Waals surface area contributed by atoms with Crippen molar-refractivity contribution in [2.24, 2.45) is 0 Å². The van der Waals surface area contributed by atoms with Gasteiger partial charge in [-0.3, -0.25) is 14.9 Å². The van der Waals surface area contributed by atoms with Gasteiger partial charge in [0.05, 0.1) is 9.82 Å². The fourth-order valence-corrected chi connectivity index (χ4v) is 3.17. The van der Waals surface area contributed by atoms with Gasteiger partial charge < -0.3 is 5.32 Å². The van der Waals surface area contributed by atoms with Crippen molar-refractivity contribution in [3.63, 3.8) is 0 Å². The van der Waals surface area contributed by atoms with Crippen LogP contribution in [-0.4, -0.2) is 32.2 Å². The molecule has 2 aromatic rings. The lowest BCUT2D eigenvalue weighted by Gasteiger charge is -2.09. The Morgan fingerprint density at radius 3 is 2.40 bits per heavy atom. The number of rotatable bonds is 8. The second-order valence-corrected chi connectivity index (χ2v) is 6.95. The highest BCUT2D eigenvalue weighted by Gasteiger charge is 2.16. The van der Waals surface area contributed by atoms with Crippen molar-refractivity contribution >= 4 is 27.2 Å². The number of nitro benzene ring substituents is 1. The minimum atomic E-state index is -3.63. The molecule has 0 radical (unpaired) electrons. The first-order valence-corrected chi connectivity index (χ1v) is 8.87. The zero-order valence-corrected chi connectivity index (χ0v) is 14.2. The zero-order chi connectivity index (χ0) is 18.4. The number of nitro groups is 1. The van der Waals surface area contributed by atoms with E-state index in [-0.39, 0.29) is 40.7 Å². The van der Waals surface area contributed by atoms with Gasteiger partial charge in [0.1, 0.15) is 5.69 Å². The number of nitrogens with zero attached hydrogens (tertiary/aromatic N) is 1. The Labute approximate surface area is 145 Å². The molecule has 0 heterocycles. The number of hydrogen-bond acceptors (Lipinski definition) is 6. The number of hydrogen-bond donors (Lipinski definition) is 2. The summed E-state index contributed by atoms with van der Waals surface area (Å²) < 4.78 is 26.5. The van der Waals surface area contributed by atoms with E-state index < -0.39 is 14.9 Å². The van der Waals surface area contributed by atoms with Gasteiger partial charge in [0.2, 0.25) is 10.0 Å². The largest absolute Gasteiger partial charge is 0.378 e. The summed E-state index contributed by atoms with van der Waals surface area (Å²) in [4.78, 5) is 22.0. The van der Waals surface area contributed by atoms with E-state index in [0.29, 0.717) is 0 Å². The smallest absolute Gasteiger partial charge is 0.293 e. The highest BCUT2D eigenvalue weighted by Crippen LogP contribution is 2.25. The molecule has 9 heteroatoms. The predicted octanol–water partition coefficient (Wildman–Crippen LogP) is 2.19. The Balaban J connectivity index is 2.00.